The molecular weight excluding hydrogens is 529 g/mol. The van der Waals surface area contributed by atoms with Crippen molar-refractivity contribution in [3.8, 4) is 11.5 Å². The van der Waals surface area contributed by atoms with Crippen molar-refractivity contribution in [3.05, 3.63) is 66.1 Å². The summed E-state index contributed by atoms with van der Waals surface area (Å²) in [5.41, 5.74) is 0.402. The van der Waals surface area contributed by atoms with E-state index in [4.69, 9.17) is 4.42 Å². The van der Waals surface area contributed by atoms with E-state index in [1.807, 2.05) is 0 Å². The Balaban J connectivity index is 1.21. The summed E-state index contributed by atoms with van der Waals surface area (Å²) < 4.78 is 45.6. The number of likely N-dealkylation sites (tertiary alicyclic amines) is 1. The zero-order chi connectivity index (χ0) is 28.4. The van der Waals surface area contributed by atoms with Crippen LogP contribution in [0.3, 0.4) is 0 Å². The molecule has 5 rings (SSSR count). The average Bonchev–Trinajstić information content (AvgIpc) is 3.69. The molecule has 1 aliphatic heterocycles. The highest BCUT2D eigenvalue weighted by atomic mass is 19.4. The van der Waals surface area contributed by atoms with Crippen molar-refractivity contribution < 1.29 is 37.1 Å². The van der Waals surface area contributed by atoms with Crippen LogP contribution in [0.15, 0.2) is 59.0 Å². The molecule has 12 heteroatoms. The predicted octanol–water partition coefficient (Wildman–Crippen LogP) is 5.13. The molecule has 210 valence electrons. The third-order valence-corrected chi connectivity index (χ3v) is 7.28. The molecule has 3 aromatic rings. The number of nitrogens with zero attached hydrogens (tertiary/aromatic N) is 2. The van der Waals surface area contributed by atoms with Gasteiger partial charge in [-0.15, -0.1) is 0 Å². The predicted molar refractivity (Wildman–Crippen MR) is 138 cm³/mol. The van der Waals surface area contributed by atoms with Gasteiger partial charge in [-0.05, 0) is 55.7 Å². The van der Waals surface area contributed by atoms with E-state index >= 15 is 0 Å². The zero-order valence-corrected chi connectivity index (χ0v) is 21.3. The van der Waals surface area contributed by atoms with Crippen LogP contribution in [0.4, 0.5) is 24.5 Å². The van der Waals surface area contributed by atoms with Crippen molar-refractivity contribution >= 4 is 29.2 Å². The van der Waals surface area contributed by atoms with E-state index in [2.05, 4.69) is 15.6 Å². The Morgan fingerprint density at radius 3 is 2.30 bits per heavy atom. The van der Waals surface area contributed by atoms with Crippen molar-refractivity contribution in [3.63, 3.8) is 0 Å². The lowest BCUT2D eigenvalue weighted by atomic mass is 9.95. The molecule has 0 bridgehead atoms. The quantitative estimate of drug-likeness (QED) is 0.369. The Bertz CT molecular complexity index is 1390. The van der Waals surface area contributed by atoms with Crippen LogP contribution >= 0.6 is 0 Å². The number of anilines is 2. The Morgan fingerprint density at radius 2 is 1.62 bits per heavy atom. The summed E-state index contributed by atoms with van der Waals surface area (Å²) in [5.74, 6) is -5.00. The standard InChI is InChI=1S/C28H27F3N4O5/c29-28(30,31)23-22(34-25(40-23)16-5-2-1-3-6-16)24(36)33-18-11-9-17(10-12-18)32-19-13-14-35(15-19)26(37)20-7-4-8-21(20)27(38)39/h1-3,5-6,9-12,19-21,32H,4,7-8,13-15H2,(H,33,36)(H,38,39)/t19-,20+,21+/m0/s1. The summed E-state index contributed by atoms with van der Waals surface area (Å²) in [5, 5.41) is 15.1. The molecule has 1 saturated heterocycles. The van der Waals surface area contributed by atoms with Crippen LogP contribution in [0.2, 0.25) is 0 Å². The third-order valence-electron chi connectivity index (χ3n) is 7.28. The normalized spacial score (nSPS) is 20.9. The number of carbonyl (C=O) groups is 3. The Hall–Kier alpha value is -4.35. The molecule has 1 aliphatic carbocycles. The summed E-state index contributed by atoms with van der Waals surface area (Å²) in [6.45, 7) is 0.966. The Labute approximate surface area is 227 Å². The number of aliphatic carboxylic acids is 1. The molecule has 2 aromatic carbocycles. The van der Waals surface area contributed by atoms with Crippen LogP contribution < -0.4 is 10.6 Å². The van der Waals surface area contributed by atoms with E-state index in [9.17, 15) is 32.7 Å². The number of aromatic nitrogens is 1. The van der Waals surface area contributed by atoms with Crippen molar-refractivity contribution in [2.24, 2.45) is 11.8 Å². The number of halogens is 3. The van der Waals surface area contributed by atoms with Crippen LogP contribution in [0.5, 0.6) is 0 Å². The van der Waals surface area contributed by atoms with Gasteiger partial charge >= 0.3 is 12.1 Å². The van der Waals surface area contributed by atoms with Gasteiger partial charge in [-0.25, -0.2) is 4.98 Å². The fourth-order valence-electron chi connectivity index (χ4n) is 5.31. The van der Waals surface area contributed by atoms with E-state index in [0.717, 1.165) is 6.42 Å². The van der Waals surface area contributed by atoms with Crippen LogP contribution in [-0.2, 0) is 15.8 Å². The summed E-state index contributed by atoms with van der Waals surface area (Å²) in [7, 11) is 0. The summed E-state index contributed by atoms with van der Waals surface area (Å²) >= 11 is 0. The van der Waals surface area contributed by atoms with Crippen molar-refractivity contribution in [2.45, 2.75) is 37.9 Å². The lowest BCUT2D eigenvalue weighted by Crippen LogP contribution is -2.39. The Kier molecular flexibility index (Phi) is 7.51. The smallest absolute Gasteiger partial charge is 0.452 e. The molecule has 40 heavy (non-hydrogen) atoms. The van der Waals surface area contributed by atoms with Gasteiger partial charge < -0.3 is 25.1 Å². The number of amides is 2. The lowest BCUT2D eigenvalue weighted by Gasteiger charge is -2.23. The van der Waals surface area contributed by atoms with Gasteiger partial charge in [-0.3, -0.25) is 14.4 Å². The molecule has 1 aromatic heterocycles. The second kappa shape index (κ2) is 11.0. The van der Waals surface area contributed by atoms with Crippen molar-refractivity contribution in [1.82, 2.24) is 9.88 Å². The minimum Gasteiger partial charge on any atom is -0.481 e. The van der Waals surface area contributed by atoms with Gasteiger partial charge in [0.1, 0.15) is 0 Å². The zero-order valence-electron chi connectivity index (χ0n) is 21.3. The SMILES string of the molecule is O=C(Nc1ccc(N[C@H]2CCN(C(=O)[C@@H]3CCC[C@H]3C(=O)O)C2)cc1)c1nc(-c2ccccc2)oc1C(F)(F)F. The summed E-state index contributed by atoms with van der Waals surface area (Å²) in [6.07, 6.45) is -2.39. The first kappa shape index (κ1) is 27.2. The molecule has 2 amide bonds. The maximum atomic E-state index is 13.6. The first-order valence-corrected chi connectivity index (χ1v) is 12.9. The molecule has 3 N–H and O–H groups in total. The summed E-state index contributed by atoms with van der Waals surface area (Å²) in [6, 6.07) is 14.4. The van der Waals surface area contributed by atoms with E-state index in [1.165, 1.54) is 12.1 Å². The van der Waals surface area contributed by atoms with Gasteiger partial charge in [0, 0.05) is 36.1 Å². The molecule has 0 unspecified atom stereocenters. The number of hydrogen-bond acceptors (Lipinski definition) is 6. The molecule has 0 radical (unpaired) electrons. The van der Waals surface area contributed by atoms with Gasteiger partial charge in [0.15, 0.2) is 5.69 Å². The number of nitrogens with one attached hydrogen (secondary N) is 2. The second-order valence-corrected chi connectivity index (χ2v) is 9.99. The highest BCUT2D eigenvalue weighted by Crippen LogP contribution is 2.36. The number of carboxylic acid groups (broad SMARTS) is 1. The van der Waals surface area contributed by atoms with Gasteiger partial charge in [-0.2, -0.15) is 13.2 Å². The van der Waals surface area contributed by atoms with Gasteiger partial charge in [-0.1, -0.05) is 24.6 Å². The number of benzene rings is 2. The fraction of sp³-hybridized carbons (Fsp3) is 0.357. The number of carboxylic acids is 1. The van der Waals surface area contributed by atoms with Crippen molar-refractivity contribution in [1.29, 1.82) is 0 Å². The topological polar surface area (TPSA) is 125 Å². The van der Waals surface area contributed by atoms with Gasteiger partial charge in [0.2, 0.25) is 17.6 Å². The first-order valence-electron chi connectivity index (χ1n) is 12.9. The molecular formula is C28H27F3N4O5. The number of oxazole rings is 1. The largest absolute Gasteiger partial charge is 0.481 e. The molecule has 2 fully saturated rings. The minimum atomic E-state index is -4.91. The maximum absolute atomic E-state index is 13.6. The monoisotopic (exact) mass is 556 g/mol. The van der Waals surface area contributed by atoms with Crippen LogP contribution in [-0.4, -0.2) is 51.9 Å². The molecule has 1 saturated carbocycles. The van der Waals surface area contributed by atoms with Crippen molar-refractivity contribution in [2.75, 3.05) is 23.7 Å². The number of alkyl halides is 3. The third kappa shape index (κ3) is 5.80. The lowest BCUT2D eigenvalue weighted by molar-refractivity contribution is -0.153. The van der Waals surface area contributed by atoms with E-state index in [1.54, 1.807) is 47.4 Å². The molecule has 9 nitrogen and oxygen atoms in total. The van der Waals surface area contributed by atoms with E-state index < -0.39 is 41.3 Å². The maximum Gasteiger partial charge on any atom is 0.452 e. The van der Waals surface area contributed by atoms with E-state index in [-0.39, 0.29) is 23.5 Å². The fourth-order valence-corrected chi connectivity index (χ4v) is 5.31. The molecule has 0 spiro atoms. The van der Waals surface area contributed by atoms with Gasteiger partial charge in [0.05, 0.1) is 11.8 Å². The summed E-state index contributed by atoms with van der Waals surface area (Å²) in [4.78, 5) is 42.6. The number of carbonyl (C=O) groups excluding carboxylic acids is 2. The second-order valence-electron chi connectivity index (χ2n) is 9.99. The van der Waals surface area contributed by atoms with E-state index in [0.29, 0.717) is 43.6 Å². The highest BCUT2D eigenvalue weighted by molar-refractivity contribution is 6.04. The average molecular weight is 557 g/mol. The molecule has 3 atom stereocenters. The van der Waals surface area contributed by atoms with Gasteiger partial charge in [0.25, 0.3) is 5.91 Å². The van der Waals surface area contributed by atoms with Crippen LogP contribution in [0, 0.1) is 11.8 Å². The first-order chi connectivity index (χ1) is 19.1. The van der Waals surface area contributed by atoms with Crippen LogP contribution in [0.1, 0.15) is 41.9 Å². The minimum absolute atomic E-state index is 0.0463. The number of rotatable bonds is 7. The molecule has 2 heterocycles. The van der Waals surface area contributed by atoms with Crippen LogP contribution in [0.25, 0.3) is 11.5 Å². The Morgan fingerprint density at radius 1 is 0.950 bits per heavy atom. The number of hydrogen-bond donors (Lipinski definition) is 3. The highest BCUT2D eigenvalue weighted by Gasteiger charge is 2.42. The molecule has 2 aliphatic rings.